The molecule has 1 saturated heterocycles. The molecular formula is C11H17N3O2. The number of carbonyl (C=O) groups is 1. The molecule has 2 heterocycles. The van der Waals surface area contributed by atoms with Crippen LogP contribution >= 0.6 is 0 Å². The number of amides is 1. The van der Waals surface area contributed by atoms with Crippen molar-refractivity contribution >= 4 is 5.91 Å². The van der Waals surface area contributed by atoms with Gasteiger partial charge in [-0.15, -0.1) is 0 Å². The van der Waals surface area contributed by atoms with Crippen molar-refractivity contribution < 1.29 is 9.53 Å². The van der Waals surface area contributed by atoms with E-state index in [1.54, 1.807) is 24.0 Å². The summed E-state index contributed by atoms with van der Waals surface area (Å²) < 4.78 is 7.09. The van der Waals surface area contributed by atoms with E-state index < -0.39 is 0 Å². The van der Waals surface area contributed by atoms with Crippen LogP contribution in [-0.2, 0) is 11.8 Å². The van der Waals surface area contributed by atoms with Gasteiger partial charge in [-0.25, -0.2) is 0 Å². The molecule has 0 aliphatic carbocycles. The molecule has 0 spiro atoms. The van der Waals surface area contributed by atoms with Gasteiger partial charge in [0.15, 0.2) is 0 Å². The Morgan fingerprint density at radius 1 is 1.75 bits per heavy atom. The van der Waals surface area contributed by atoms with Gasteiger partial charge in [0.1, 0.15) is 5.69 Å². The minimum absolute atomic E-state index is 0.112. The van der Waals surface area contributed by atoms with Crippen molar-refractivity contribution in [3.63, 3.8) is 0 Å². The van der Waals surface area contributed by atoms with Gasteiger partial charge in [-0.2, -0.15) is 5.10 Å². The molecule has 5 nitrogen and oxygen atoms in total. The first-order chi connectivity index (χ1) is 7.75. The Morgan fingerprint density at radius 3 is 3.25 bits per heavy atom. The second-order valence-electron chi connectivity index (χ2n) is 4.05. The van der Waals surface area contributed by atoms with Gasteiger partial charge >= 0.3 is 0 Å². The Hall–Kier alpha value is -1.36. The summed E-state index contributed by atoms with van der Waals surface area (Å²) in [7, 11) is 1.79. The summed E-state index contributed by atoms with van der Waals surface area (Å²) in [6.45, 7) is 1.51. The molecule has 0 unspecified atom stereocenters. The Labute approximate surface area is 94.8 Å². The first kappa shape index (κ1) is 11.1. The van der Waals surface area contributed by atoms with E-state index in [4.69, 9.17) is 4.74 Å². The van der Waals surface area contributed by atoms with Crippen LogP contribution in [0.2, 0.25) is 0 Å². The number of nitrogens with zero attached hydrogens (tertiary/aromatic N) is 2. The molecule has 1 fully saturated rings. The largest absolute Gasteiger partial charge is 0.378 e. The van der Waals surface area contributed by atoms with Crippen LogP contribution in [0.3, 0.4) is 0 Å². The molecular weight excluding hydrogens is 206 g/mol. The van der Waals surface area contributed by atoms with Crippen molar-refractivity contribution in [2.45, 2.75) is 25.4 Å². The highest BCUT2D eigenvalue weighted by Crippen LogP contribution is 2.14. The molecule has 88 valence electrons. The standard InChI is InChI=1S/C11H17N3O2/c1-14-7-5-10(13-14)11(15)12-6-4-9-3-2-8-16-9/h5,7,9H,2-4,6,8H2,1H3,(H,12,15)/t9-/m1/s1. The fraction of sp³-hybridized carbons (Fsp3) is 0.636. The highest BCUT2D eigenvalue weighted by molar-refractivity contribution is 5.92. The van der Waals surface area contributed by atoms with Gasteiger partial charge < -0.3 is 10.1 Å². The van der Waals surface area contributed by atoms with Crippen molar-refractivity contribution in [2.75, 3.05) is 13.2 Å². The minimum atomic E-state index is -0.112. The number of rotatable bonds is 4. The maximum Gasteiger partial charge on any atom is 0.271 e. The third kappa shape index (κ3) is 2.82. The summed E-state index contributed by atoms with van der Waals surface area (Å²) in [4.78, 5) is 11.6. The first-order valence-electron chi connectivity index (χ1n) is 5.65. The van der Waals surface area contributed by atoms with Crippen molar-refractivity contribution in [3.8, 4) is 0 Å². The lowest BCUT2D eigenvalue weighted by Crippen LogP contribution is -2.27. The summed E-state index contributed by atoms with van der Waals surface area (Å²) in [5.41, 5.74) is 0.467. The SMILES string of the molecule is Cn1ccc(C(=O)NCC[C@H]2CCCO2)n1. The molecule has 0 saturated carbocycles. The molecule has 1 aliphatic rings. The van der Waals surface area contributed by atoms with Gasteiger partial charge in [0.2, 0.25) is 0 Å². The van der Waals surface area contributed by atoms with Crippen molar-refractivity contribution in [3.05, 3.63) is 18.0 Å². The minimum Gasteiger partial charge on any atom is -0.378 e. The van der Waals surface area contributed by atoms with E-state index >= 15 is 0 Å². The van der Waals surface area contributed by atoms with Crippen LogP contribution in [0.4, 0.5) is 0 Å². The highest BCUT2D eigenvalue weighted by Gasteiger charge is 2.15. The fourth-order valence-corrected chi connectivity index (χ4v) is 1.85. The summed E-state index contributed by atoms with van der Waals surface area (Å²) in [6, 6.07) is 1.71. The van der Waals surface area contributed by atoms with E-state index in [2.05, 4.69) is 10.4 Å². The maximum absolute atomic E-state index is 11.6. The van der Waals surface area contributed by atoms with Gasteiger partial charge in [0, 0.05) is 26.4 Å². The number of carbonyl (C=O) groups excluding carboxylic acids is 1. The number of aryl methyl sites for hydroxylation is 1. The third-order valence-electron chi connectivity index (χ3n) is 2.72. The molecule has 16 heavy (non-hydrogen) atoms. The molecule has 1 atom stereocenters. The third-order valence-corrected chi connectivity index (χ3v) is 2.72. The smallest absolute Gasteiger partial charge is 0.271 e. The number of nitrogens with one attached hydrogen (secondary N) is 1. The molecule has 0 bridgehead atoms. The molecule has 5 heteroatoms. The van der Waals surface area contributed by atoms with E-state index in [1.807, 2.05) is 0 Å². The van der Waals surface area contributed by atoms with Crippen molar-refractivity contribution in [2.24, 2.45) is 7.05 Å². The van der Waals surface area contributed by atoms with Crippen LogP contribution in [0.5, 0.6) is 0 Å². The molecule has 0 aromatic carbocycles. The first-order valence-corrected chi connectivity index (χ1v) is 5.65. The zero-order valence-corrected chi connectivity index (χ0v) is 9.48. The second-order valence-corrected chi connectivity index (χ2v) is 4.05. The molecule has 2 rings (SSSR count). The van der Waals surface area contributed by atoms with E-state index in [0.717, 1.165) is 25.9 Å². The Morgan fingerprint density at radius 2 is 2.62 bits per heavy atom. The van der Waals surface area contributed by atoms with Crippen LogP contribution in [0.25, 0.3) is 0 Å². The number of hydrogen-bond donors (Lipinski definition) is 1. The van der Waals surface area contributed by atoms with Gasteiger partial charge in [0.05, 0.1) is 6.10 Å². The average molecular weight is 223 g/mol. The molecule has 1 aromatic rings. The van der Waals surface area contributed by atoms with E-state index in [1.165, 1.54) is 0 Å². The molecule has 0 radical (unpaired) electrons. The lowest BCUT2D eigenvalue weighted by Gasteiger charge is -2.09. The summed E-state index contributed by atoms with van der Waals surface area (Å²) in [5, 5.41) is 6.88. The van der Waals surface area contributed by atoms with Gasteiger partial charge in [-0.3, -0.25) is 9.48 Å². The van der Waals surface area contributed by atoms with Gasteiger partial charge in [0.25, 0.3) is 5.91 Å². The van der Waals surface area contributed by atoms with Crippen LogP contribution in [0, 0.1) is 0 Å². The summed E-state index contributed by atoms with van der Waals surface area (Å²) in [6.07, 6.45) is 5.22. The van der Waals surface area contributed by atoms with Gasteiger partial charge in [-0.05, 0) is 25.3 Å². The van der Waals surface area contributed by atoms with E-state index in [9.17, 15) is 4.79 Å². The fourth-order valence-electron chi connectivity index (χ4n) is 1.85. The van der Waals surface area contributed by atoms with E-state index in [-0.39, 0.29) is 5.91 Å². The normalized spacial score (nSPS) is 19.9. The van der Waals surface area contributed by atoms with E-state index in [0.29, 0.717) is 18.3 Å². The molecule has 1 aliphatic heterocycles. The van der Waals surface area contributed by atoms with Crippen molar-refractivity contribution in [1.29, 1.82) is 0 Å². The summed E-state index contributed by atoms with van der Waals surface area (Å²) >= 11 is 0. The van der Waals surface area contributed by atoms with Crippen LogP contribution in [0.15, 0.2) is 12.3 Å². The lowest BCUT2D eigenvalue weighted by atomic mass is 10.2. The quantitative estimate of drug-likeness (QED) is 0.818. The number of ether oxygens (including phenoxy) is 1. The number of hydrogen-bond acceptors (Lipinski definition) is 3. The van der Waals surface area contributed by atoms with Crippen LogP contribution < -0.4 is 5.32 Å². The average Bonchev–Trinajstić information content (AvgIpc) is 2.89. The molecule has 1 aromatic heterocycles. The predicted molar refractivity (Wildman–Crippen MR) is 59.1 cm³/mol. The lowest BCUT2D eigenvalue weighted by molar-refractivity contribution is 0.0902. The maximum atomic E-state index is 11.6. The van der Waals surface area contributed by atoms with Crippen molar-refractivity contribution in [1.82, 2.24) is 15.1 Å². The monoisotopic (exact) mass is 223 g/mol. The zero-order chi connectivity index (χ0) is 11.4. The molecule has 1 amide bonds. The zero-order valence-electron chi connectivity index (χ0n) is 9.48. The summed E-state index contributed by atoms with van der Waals surface area (Å²) in [5.74, 6) is -0.112. The van der Waals surface area contributed by atoms with Crippen LogP contribution in [0.1, 0.15) is 29.8 Å². The number of aromatic nitrogens is 2. The molecule has 1 N–H and O–H groups in total. The van der Waals surface area contributed by atoms with Crippen LogP contribution in [-0.4, -0.2) is 34.9 Å². The van der Waals surface area contributed by atoms with Gasteiger partial charge in [-0.1, -0.05) is 0 Å². The highest BCUT2D eigenvalue weighted by atomic mass is 16.5. The Bertz CT molecular complexity index is 356. The Balaban J connectivity index is 1.71. The topological polar surface area (TPSA) is 56.2 Å². The second kappa shape index (κ2) is 5.12. The Kier molecular flexibility index (Phi) is 3.56. The predicted octanol–water partition coefficient (Wildman–Crippen LogP) is 0.719.